The van der Waals surface area contributed by atoms with Crippen molar-refractivity contribution in [1.29, 1.82) is 0 Å². The van der Waals surface area contributed by atoms with Crippen LogP contribution in [0.1, 0.15) is 31.0 Å². The fourth-order valence-corrected chi connectivity index (χ4v) is 2.38. The van der Waals surface area contributed by atoms with Gasteiger partial charge in [0.1, 0.15) is 5.75 Å². The molecule has 0 aliphatic carbocycles. The van der Waals surface area contributed by atoms with Gasteiger partial charge in [-0.15, -0.1) is 0 Å². The predicted molar refractivity (Wildman–Crippen MR) is 88.9 cm³/mol. The third-order valence-electron chi connectivity index (χ3n) is 3.86. The molecule has 0 aliphatic rings. The summed E-state index contributed by atoms with van der Waals surface area (Å²) in [7, 11) is 1.82. The molecule has 0 aromatic heterocycles. The molecule has 2 rings (SSSR count). The summed E-state index contributed by atoms with van der Waals surface area (Å²) in [5, 5.41) is 0. The zero-order chi connectivity index (χ0) is 16.1. The zero-order valence-electron chi connectivity index (χ0n) is 13.6. The number of benzene rings is 2. The van der Waals surface area contributed by atoms with E-state index in [4.69, 9.17) is 4.74 Å². The summed E-state index contributed by atoms with van der Waals surface area (Å²) in [6.07, 6.45) is -0.516. The van der Waals surface area contributed by atoms with E-state index < -0.39 is 6.10 Å². The summed E-state index contributed by atoms with van der Waals surface area (Å²) in [6, 6.07) is 17.7. The maximum Gasteiger partial charge on any atom is 0.263 e. The molecule has 0 heterocycles. The SMILES string of the molecule is Cc1cccc(OC(C)C(=O)N(C)C(C)c2ccccc2)c1. The number of hydrogen-bond acceptors (Lipinski definition) is 2. The summed E-state index contributed by atoms with van der Waals surface area (Å²) in [6.45, 7) is 5.81. The van der Waals surface area contributed by atoms with Gasteiger partial charge < -0.3 is 9.64 Å². The van der Waals surface area contributed by atoms with E-state index >= 15 is 0 Å². The minimum Gasteiger partial charge on any atom is -0.481 e. The molecule has 0 N–H and O–H groups in total. The maximum atomic E-state index is 12.5. The van der Waals surface area contributed by atoms with E-state index in [1.165, 1.54) is 0 Å². The van der Waals surface area contributed by atoms with E-state index in [2.05, 4.69) is 0 Å². The highest BCUT2D eigenvalue weighted by molar-refractivity contribution is 5.81. The molecule has 1 amide bonds. The lowest BCUT2D eigenvalue weighted by Gasteiger charge is -2.28. The smallest absolute Gasteiger partial charge is 0.263 e. The van der Waals surface area contributed by atoms with Crippen molar-refractivity contribution < 1.29 is 9.53 Å². The standard InChI is InChI=1S/C19H23NO2/c1-14-9-8-12-18(13-14)22-16(3)19(21)20(4)15(2)17-10-6-5-7-11-17/h5-13,15-16H,1-4H3. The Labute approximate surface area is 132 Å². The molecule has 2 atom stereocenters. The third kappa shape index (κ3) is 3.88. The molecule has 0 bridgehead atoms. The average Bonchev–Trinajstić information content (AvgIpc) is 2.53. The van der Waals surface area contributed by atoms with Gasteiger partial charge in [0.15, 0.2) is 6.10 Å². The Balaban J connectivity index is 2.03. The first-order valence-corrected chi connectivity index (χ1v) is 7.54. The van der Waals surface area contributed by atoms with Gasteiger partial charge in [-0.2, -0.15) is 0 Å². The molecular weight excluding hydrogens is 274 g/mol. The van der Waals surface area contributed by atoms with E-state index in [0.717, 1.165) is 16.9 Å². The van der Waals surface area contributed by atoms with Gasteiger partial charge in [-0.1, -0.05) is 42.5 Å². The minimum atomic E-state index is -0.516. The summed E-state index contributed by atoms with van der Waals surface area (Å²) < 4.78 is 5.77. The molecule has 3 nitrogen and oxygen atoms in total. The number of nitrogens with zero attached hydrogens (tertiary/aromatic N) is 1. The normalized spacial score (nSPS) is 13.3. The van der Waals surface area contributed by atoms with Crippen molar-refractivity contribution >= 4 is 5.91 Å². The molecule has 0 aliphatic heterocycles. The molecule has 0 saturated carbocycles. The van der Waals surface area contributed by atoms with Crippen LogP contribution in [-0.4, -0.2) is 24.0 Å². The first-order valence-electron chi connectivity index (χ1n) is 7.54. The number of amides is 1. The number of carbonyl (C=O) groups excluding carboxylic acids is 1. The van der Waals surface area contributed by atoms with Gasteiger partial charge in [-0.05, 0) is 44.0 Å². The summed E-state index contributed by atoms with van der Waals surface area (Å²) >= 11 is 0. The van der Waals surface area contributed by atoms with Crippen molar-refractivity contribution in [1.82, 2.24) is 4.90 Å². The van der Waals surface area contributed by atoms with Crippen LogP contribution in [0.5, 0.6) is 5.75 Å². The lowest BCUT2D eigenvalue weighted by molar-refractivity contribution is -0.138. The average molecular weight is 297 g/mol. The van der Waals surface area contributed by atoms with Crippen molar-refractivity contribution in [2.75, 3.05) is 7.05 Å². The Morgan fingerprint density at radius 1 is 1.05 bits per heavy atom. The number of rotatable bonds is 5. The highest BCUT2D eigenvalue weighted by Crippen LogP contribution is 2.20. The first-order chi connectivity index (χ1) is 10.5. The van der Waals surface area contributed by atoms with Crippen LogP contribution in [0, 0.1) is 6.92 Å². The van der Waals surface area contributed by atoms with Crippen molar-refractivity contribution in [2.24, 2.45) is 0 Å². The van der Waals surface area contributed by atoms with Gasteiger partial charge >= 0.3 is 0 Å². The second kappa shape index (κ2) is 7.12. The molecule has 0 radical (unpaired) electrons. The quantitative estimate of drug-likeness (QED) is 0.835. The maximum absolute atomic E-state index is 12.5. The van der Waals surface area contributed by atoms with E-state index in [9.17, 15) is 4.79 Å². The Bertz CT molecular complexity index is 624. The van der Waals surface area contributed by atoms with Crippen LogP contribution in [0.15, 0.2) is 54.6 Å². The van der Waals surface area contributed by atoms with Crippen molar-refractivity contribution in [3.05, 3.63) is 65.7 Å². The fourth-order valence-electron chi connectivity index (χ4n) is 2.38. The van der Waals surface area contributed by atoms with Gasteiger partial charge in [0.05, 0.1) is 6.04 Å². The molecular formula is C19H23NO2. The van der Waals surface area contributed by atoms with Crippen molar-refractivity contribution in [3.63, 3.8) is 0 Å². The van der Waals surface area contributed by atoms with E-state index in [-0.39, 0.29) is 11.9 Å². The molecule has 22 heavy (non-hydrogen) atoms. The lowest BCUT2D eigenvalue weighted by Crippen LogP contribution is -2.39. The lowest BCUT2D eigenvalue weighted by atomic mass is 10.1. The van der Waals surface area contributed by atoms with Crippen LogP contribution in [0.3, 0.4) is 0 Å². The van der Waals surface area contributed by atoms with Crippen molar-refractivity contribution in [2.45, 2.75) is 32.9 Å². The molecule has 2 aromatic carbocycles. The van der Waals surface area contributed by atoms with Gasteiger partial charge in [-0.3, -0.25) is 4.79 Å². The minimum absolute atomic E-state index is 0.0114. The third-order valence-corrected chi connectivity index (χ3v) is 3.86. The first kappa shape index (κ1) is 16.1. The Kier molecular flexibility index (Phi) is 5.21. The Morgan fingerprint density at radius 3 is 2.36 bits per heavy atom. The largest absolute Gasteiger partial charge is 0.481 e. The molecule has 0 spiro atoms. The highest BCUT2D eigenvalue weighted by atomic mass is 16.5. The molecule has 2 unspecified atom stereocenters. The molecule has 0 saturated heterocycles. The van der Waals surface area contributed by atoms with Gasteiger partial charge in [0.2, 0.25) is 0 Å². The van der Waals surface area contributed by atoms with E-state index in [1.54, 1.807) is 11.8 Å². The van der Waals surface area contributed by atoms with Crippen LogP contribution in [0.25, 0.3) is 0 Å². The number of carbonyl (C=O) groups is 1. The molecule has 3 heteroatoms. The molecule has 2 aromatic rings. The van der Waals surface area contributed by atoms with Crippen LogP contribution >= 0.6 is 0 Å². The highest BCUT2D eigenvalue weighted by Gasteiger charge is 2.23. The Morgan fingerprint density at radius 2 is 1.73 bits per heavy atom. The number of aryl methyl sites for hydroxylation is 1. The topological polar surface area (TPSA) is 29.5 Å². The van der Waals surface area contributed by atoms with Gasteiger partial charge in [-0.25, -0.2) is 0 Å². The monoisotopic (exact) mass is 297 g/mol. The fraction of sp³-hybridized carbons (Fsp3) is 0.316. The second-order valence-electron chi connectivity index (χ2n) is 5.61. The van der Waals surface area contributed by atoms with E-state index in [0.29, 0.717) is 0 Å². The second-order valence-corrected chi connectivity index (χ2v) is 5.61. The summed E-state index contributed by atoms with van der Waals surface area (Å²) in [4.78, 5) is 14.3. The van der Waals surface area contributed by atoms with Gasteiger partial charge in [0.25, 0.3) is 5.91 Å². The number of likely N-dealkylation sites (N-methyl/N-ethyl adjacent to an activating group) is 1. The summed E-state index contributed by atoms with van der Waals surface area (Å²) in [5.74, 6) is 0.694. The van der Waals surface area contributed by atoms with Gasteiger partial charge in [0, 0.05) is 7.05 Å². The van der Waals surface area contributed by atoms with E-state index in [1.807, 2.05) is 75.5 Å². The molecule has 0 fully saturated rings. The Hall–Kier alpha value is -2.29. The van der Waals surface area contributed by atoms with Crippen LogP contribution in [0.2, 0.25) is 0 Å². The van der Waals surface area contributed by atoms with Crippen molar-refractivity contribution in [3.8, 4) is 5.75 Å². The summed E-state index contributed by atoms with van der Waals surface area (Å²) in [5.41, 5.74) is 2.23. The van der Waals surface area contributed by atoms with Crippen LogP contribution in [-0.2, 0) is 4.79 Å². The number of hydrogen-bond donors (Lipinski definition) is 0. The zero-order valence-corrected chi connectivity index (χ0v) is 13.6. The number of ether oxygens (including phenoxy) is 1. The predicted octanol–water partition coefficient (Wildman–Crippen LogP) is 3.98. The van der Waals surface area contributed by atoms with Crippen LogP contribution in [0.4, 0.5) is 0 Å². The molecule has 116 valence electrons. The van der Waals surface area contributed by atoms with Crippen LogP contribution < -0.4 is 4.74 Å².